The fraction of sp³-hybridized carbons (Fsp3) is 0.0625. The van der Waals surface area contributed by atoms with Gasteiger partial charge in [0.2, 0.25) is 9.84 Å². The molecule has 0 saturated carbocycles. The van der Waals surface area contributed by atoms with Crippen LogP contribution in [0.25, 0.3) is 11.3 Å². The Morgan fingerprint density at radius 3 is 2.27 bits per heavy atom. The Morgan fingerprint density at radius 1 is 1.00 bits per heavy atom. The van der Waals surface area contributed by atoms with Gasteiger partial charge in [-0.1, -0.05) is 41.4 Å². The Morgan fingerprint density at radius 2 is 1.64 bits per heavy atom. The van der Waals surface area contributed by atoms with Crippen molar-refractivity contribution in [3.63, 3.8) is 0 Å². The van der Waals surface area contributed by atoms with E-state index in [1.165, 1.54) is 6.20 Å². The first-order chi connectivity index (χ1) is 10.5. The number of hydrogen-bond acceptors (Lipinski definition) is 3. The first-order valence-electron chi connectivity index (χ1n) is 6.59. The molecule has 3 rings (SSSR count). The first-order valence-corrected chi connectivity index (χ1v) is 8.45. The van der Waals surface area contributed by atoms with E-state index in [0.717, 1.165) is 5.56 Å². The lowest BCUT2D eigenvalue weighted by Crippen LogP contribution is -2.02. The number of halogens is 1. The SMILES string of the molecule is Cc1ccc(S(=O)(=O)c2cn[nH]c2-c2ccc(Cl)cc2)cc1. The number of hydrogen-bond donors (Lipinski definition) is 1. The minimum Gasteiger partial charge on any atom is -0.276 e. The molecule has 112 valence electrons. The molecule has 0 bridgehead atoms. The summed E-state index contributed by atoms with van der Waals surface area (Å²) in [5.74, 6) is 0. The zero-order valence-electron chi connectivity index (χ0n) is 11.7. The molecule has 0 spiro atoms. The van der Waals surface area contributed by atoms with Crippen LogP contribution in [0.1, 0.15) is 5.56 Å². The van der Waals surface area contributed by atoms with E-state index in [1.807, 2.05) is 6.92 Å². The monoisotopic (exact) mass is 332 g/mol. The average Bonchev–Trinajstić information content (AvgIpc) is 2.99. The Labute approximate surface area is 133 Å². The summed E-state index contributed by atoms with van der Waals surface area (Å²) < 4.78 is 25.6. The van der Waals surface area contributed by atoms with E-state index in [4.69, 9.17) is 11.6 Å². The molecule has 22 heavy (non-hydrogen) atoms. The molecule has 4 nitrogen and oxygen atoms in total. The number of sulfone groups is 1. The van der Waals surface area contributed by atoms with Gasteiger partial charge >= 0.3 is 0 Å². The van der Waals surface area contributed by atoms with Crippen LogP contribution in [-0.4, -0.2) is 18.6 Å². The molecule has 0 amide bonds. The maximum Gasteiger partial charge on any atom is 0.210 e. The van der Waals surface area contributed by atoms with Crippen molar-refractivity contribution in [2.45, 2.75) is 16.7 Å². The van der Waals surface area contributed by atoms with Crippen LogP contribution in [0, 0.1) is 6.92 Å². The van der Waals surface area contributed by atoms with Crippen molar-refractivity contribution >= 4 is 21.4 Å². The Kier molecular flexibility index (Phi) is 3.76. The Hall–Kier alpha value is -2.11. The summed E-state index contributed by atoms with van der Waals surface area (Å²) in [6, 6.07) is 13.7. The lowest BCUT2D eigenvalue weighted by molar-refractivity contribution is 0.596. The van der Waals surface area contributed by atoms with E-state index < -0.39 is 9.84 Å². The summed E-state index contributed by atoms with van der Waals surface area (Å²) >= 11 is 5.87. The predicted molar refractivity (Wildman–Crippen MR) is 85.7 cm³/mol. The van der Waals surface area contributed by atoms with Crippen molar-refractivity contribution in [3.05, 3.63) is 65.3 Å². The highest BCUT2D eigenvalue weighted by molar-refractivity contribution is 7.91. The molecule has 0 aliphatic heterocycles. The number of aromatic nitrogens is 2. The number of benzene rings is 2. The number of nitrogens with zero attached hydrogens (tertiary/aromatic N) is 1. The van der Waals surface area contributed by atoms with Crippen LogP contribution < -0.4 is 0 Å². The van der Waals surface area contributed by atoms with Gasteiger partial charge in [0.25, 0.3) is 0 Å². The van der Waals surface area contributed by atoms with Crippen molar-refractivity contribution < 1.29 is 8.42 Å². The van der Waals surface area contributed by atoms with Crippen molar-refractivity contribution in [1.29, 1.82) is 0 Å². The van der Waals surface area contributed by atoms with E-state index in [2.05, 4.69) is 10.2 Å². The minimum absolute atomic E-state index is 0.152. The van der Waals surface area contributed by atoms with E-state index in [0.29, 0.717) is 16.3 Å². The van der Waals surface area contributed by atoms with Gasteiger partial charge in [-0.15, -0.1) is 0 Å². The molecule has 0 unspecified atom stereocenters. The van der Waals surface area contributed by atoms with Crippen LogP contribution in [0.15, 0.2) is 64.5 Å². The number of H-pyrrole nitrogens is 1. The summed E-state index contributed by atoms with van der Waals surface area (Å²) in [5, 5.41) is 7.24. The molecule has 6 heteroatoms. The van der Waals surface area contributed by atoms with Gasteiger partial charge in [0.05, 0.1) is 16.8 Å². The van der Waals surface area contributed by atoms with E-state index in [9.17, 15) is 8.42 Å². The van der Waals surface area contributed by atoms with Crippen LogP contribution in [0.5, 0.6) is 0 Å². The zero-order chi connectivity index (χ0) is 15.7. The van der Waals surface area contributed by atoms with Gasteiger partial charge in [-0.2, -0.15) is 5.10 Å². The molecule has 0 saturated heterocycles. The largest absolute Gasteiger partial charge is 0.276 e. The maximum absolute atomic E-state index is 12.8. The quantitative estimate of drug-likeness (QED) is 0.791. The van der Waals surface area contributed by atoms with E-state index in [-0.39, 0.29) is 9.79 Å². The maximum atomic E-state index is 12.8. The number of aromatic amines is 1. The highest BCUT2D eigenvalue weighted by Crippen LogP contribution is 2.30. The van der Waals surface area contributed by atoms with Crippen molar-refractivity contribution in [2.24, 2.45) is 0 Å². The van der Waals surface area contributed by atoms with Crippen LogP contribution in [-0.2, 0) is 9.84 Å². The zero-order valence-corrected chi connectivity index (χ0v) is 13.3. The van der Waals surface area contributed by atoms with Crippen LogP contribution in [0.3, 0.4) is 0 Å². The van der Waals surface area contributed by atoms with E-state index in [1.54, 1.807) is 48.5 Å². The highest BCUT2D eigenvalue weighted by atomic mass is 35.5. The normalized spacial score (nSPS) is 11.5. The molecule has 0 aliphatic rings. The third-order valence-electron chi connectivity index (χ3n) is 3.36. The Bertz CT molecular complexity index is 898. The smallest absolute Gasteiger partial charge is 0.210 e. The number of aryl methyl sites for hydroxylation is 1. The predicted octanol–water partition coefficient (Wildman–Crippen LogP) is 3.87. The molecule has 1 N–H and O–H groups in total. The third-order valence-corrected chi connectivity index (χ3v) is 5.39. The van der Waals surface area contributed by atoms with Gasteiger partial charge in [-0.25, -0.2) is 8.42 Å². The summed E-state index contributed by atoms with van der Waals surface area (Å²) in [4.78, 5) is 0.397. The lowest BCUT2D eigenvalue weighted by atomic mass is 10.2. The number of rotatable bonds is 3. The van der Waals surface area contributed by atoms with Gasteiger partial charge in [-0.05, 0) is 31.2 Å². The second-order valence-electron chi connectivity index (χ2n) is 4.93. The average molecular weight is 333 g/mol. The Balaban J connectivity index is 2.11. The van der Waals surface area contributed by atoms with Crippen LogP contribution in [0.2, 0.25) is 5.02 Å². The molecule has 0 radical (unpaired) electrons. The highest BCUT2D eigenvalue weighted by Gasteiger charge is 2.23. The number of nitrogens with one attached hydrogen (secondary N) is 1. The van der Waals surface area contributed by atoms with Gasteiger partial charge < -0.3 is 0 Å². The topological polar surface area (TPSA) is 62.8 Å². The van der Waals surface area contributed by atoms with Crippen molar-refractivity contribution in [3.8, 4) is 11.3 Å². The minimum atomic E-state index is -3.63. The third kappa shape index (κ3) is 2.65. The molecule has 3 aromatic rings. The molecule has 1 heterocycles. The van der Waals surface area contributed by atoms with E-state index >= 15 is 0 Å². The second kappa shape index (κ2) is 5.59. The molecule has 2 aromatic carbocycles. The van der Waals surface area contributed by atoms with Gasteiger partial charge in [0.15, 0.2) is 0 Å². The summed E-state index contributed by atoms with van der Waals surface area (Å²) in [6.45, 7) is 1.91. The van der Waals surface area contributed by atoms with Crippen LogP contribution in [0.4, 0.5) is 0 Å². The molecule has 0 aliphatic carbocycles. The van der Waals surface area contributed by atoms with Crippen LogP contribution >= 0.6 is 11.6 Å². The molecule has 0 atom stereocenters. The summed E-state index contributed by atoms with van der Waals surface area (Å²) in [7, 11) is -3.63. The fourth-order valence-corrected chi connectivity index (χ4v) is 3.64. The standard InChI is InChI=1S/C16H13ClN2O2S/c1-11-2-8-14(9-3-11)22(20,21)15-10-18-19-16(15)12-4-6-13(17)7-5-12/h2-10H,1H3,(H,18,19). The van der Waals surface area contributed by atoms with Gasteiger partial charge in [0.1, 0.15) is 4.90 Å². The second-order valence-corrected chi connectivity index (χ2v) is 7.29. The van der Waals surface area contributed by atoms with Crippen molar-refractivity contribution in [2.75, 3.05) is 0 Å². The molecule has 1 aromatic heterocycles. The van der Waals surface area contributed by atoms with Gasteiger partial charge in [0, 0.05) is 10.6 Å². The molecular weight excluding hydrogens is 320 g/mol. The molecular formula is C16H13ClN2O2S. The van der Waals surface area contributed by atoms with Gasteiger partial charge in [-0.3, -0.25) is 5.10 Å². The first kappa shape index (κ1) is 14.8. The van der Waals surface area contributed by atoms with Crippen molar-refractivity contribution in [1.82, 2.24) is 10.2 Å². The summed E-state index contributed by atoms with van der Waals surface area (Å²) in [6.07, 6.45) is 1.33. The summed E-state index contributed by atoms with van der Waals surface area (Å²) in [5.41, 5.74) is 2.17. The lowest BCUT2D eigenvalue weighted by Gasteiger charge is -2.06. The fourth-order valence-electron chi connectivity index (χ4n) is 2.15. The molecule has 0 fully saturated rings.